The number of hydrogen-bond donors (Lipinski definition) is 1. The van der Waals surface area contributed by atoms with Crippen LogP contribution in [-0.4, -0.2) is 49.1 Å². The van der Waals surface area contributed by atoms with Crippen LogP contribution in [-0.2, 0) is 23.8 Å². The van der Waals surface area contributed by atoms with Gasteiger partial charge in [-0.25, -0.2) is 0 Å². The van der Waals surface area contributed by atoms with E-state index >= 15 is 0 Å². The lowest BCUT2D eigenvalue weighted by Crippen LogP contribution is -2.63. The lowest BCUT2D eigenvalue weighted by Gasteiger charge is -2.58. The zero-order chi connectivity index (χ0) is 24.9. The summed E-state index contributed by atoms with van der Waals surface area (Å²) < 4.78 is 18.7. The Labute approximate surface area is 208 Å². The minimum Gasteiger partial charge on any atom is -0.481 e. The van der Waals surface area contributed by atoms with Crippen molar-refractivity contribution in [2.75, 3.05) is 13.2 Å². The van der Waals surface area contributed by atoms with E-state index in [2.05, 4.69) is 33.4 Å². The third kappa shape index (κ3) is 2.72. The fraction of sp³-hybridized carbons (Fsp3) is 0.793. The van der Waals surface area contributed by atoms with Crippen molar-refractivity contribution in [3.05, 3.63) is 23.8 Å². The first-order chi connectivity index (χ1) is 16.6. The third-order valence-electron chi connectivity index (χ3n) is 11.3. The number of carboxylic acids is 1. The first-order valence-corrected chi connectivity index (χ1v) is 13.6. The van der Waals surface area contributed by atoms with Gasteiger partial charge in [-0.05, 0) is 61.3 Å². The molecule has 1 N–H and O–H groups in total. The van der Waals surface area contributed by atoms with Gasteiger partial charge in [-0.2, -0.15) is 0 Å². The number of aldehydes is 1. The molecule has 11 atom stereocenters. The Morgan fingerprint density at radius 1 is 1.31 bits per heavy atom. The fourth-order valence-corrected chi connectivity index (χ4v) is 9.99. The molecule has 0 aromatic carbocycles. The normalized spacial score (nSPS) is 51.9. The van der Waals surface area contributed by atoms with Crippen LogP contribution in [0.15, 0.2) is 23.8 Å². The van der Waals surface area contributed by atoms with Crippen LogP contribution < -0.4 is 0 Å². The second-order valence-electron chi connectivity index (χ2n) is 12.8. The third-order valence-corrected chi connectivity index (χ3v) is 11.3. The molecule has 2 saturated heterocycles. The summed E-state index contributed by atoms with van der Waals surface area (Å²) in [6, 6.07) is 0. The van der Waals surface area contributed by atoms with Gasteiger partial charge >= 0.3 is 5.97 Å². The van der Waals surface area contributed by atoms with Crippen LogP contribution in [0.3, 0.4) is 0 Å². The molecule has 6 nitrogen and oxygen atoms in total. The SMILES string of the molecule is C=C1CO[C@H]2[C@@H]1CC(OC[C@@]13C[C@@H]4[C@H](C)CC[C@H]4[C@@]4(C=O)C[C@@H]1C=C(C(C)C)[C@@]34C(=O)O)O[C@@H]2C. The van der Waals surface area contributed by atoms with Gasteiger partial charge in [-0.3, -0.25) is 4.79 Å². The summed E-state index contributed by atoms with van der Waals surface area (Å²) in [6.45, 7) is 13.5. The van der Waals surface area contributed by atoms with Crippen LogP contribution in [0.25, 0.3) is 0 Å². The molecule has 0 aromatic heterocycles. The number of aliphatic carboxylic acids is 1. The lowest BCUT2D eigenvalue weighted by atomic mass is 9.43. The molecule has 192 valence electrons. The lowest BCUT2D eigenvalue weighted by molar-refractivity contribution is -0.248. The number of carbonyl (C=O) groups excluding carboxylic acids is 1. The molecule has 4 aliphatic carbocycles. The average Bonchev–Trinajstić information content (AvgIpc) is 3.50. The van der Waals surface area contributed by atoms with Gasteiger partial charge in [0.1, 0.15) is 11.7 Å². The number of rotatable bonds is 6. The number of carboxylic acid groups (broad SMARTS) is 1. The number of fused-ring (bicyclic) bond motifs is 3. The quantitative estimate of drug-likeness (QED) is 0.437. The molecule has 0 spiro atoms. The van der Waals surface area contributed by atoms with Gasteiger partial charge in [0.15, 0.2) is 6.29 Å². The molecule has 3 saturated carbocycles. The highest BCUT2D eigenvalue weighted by molar-refractivity contribution is 5.90. The predicted octanol–water partition coefficient (Wildman–Crippen LogP) is 4.63. The number of ether oxygens (including phenoxy) is 3. The zero-order valence-corrected chi connectivity index (χ0v) is 21.5. The van der Waals surface area contributed by atoms with Gasteiger partial charge in [0.05, 0.1) is 30.8 Å². The molecule has 0 radical (unpaired) electrons. The summed E-state index contributed by atoms with van der Waals surface area (Å²) in [4.78, 5) is 26.7. The fourth-order valence-electron chi connectivity index (χ4n) is 9.99. The maximum absolute atomic E-state index is 13.5. The second-order valence-corrected chi connectivity index (χ2v) is 12.8. The van der Waals surface area contributed by atoms with Crippen molar-refractivity contribution >= 4 is 12.3 Å². The zero-order valence-electron chi connectivity index (χ0n) is 21.5. The Morgan fingerprint density at radius 2 is 2.09 bits per heavy atom. The van der Waals surface area contributed by atoms with Gasteiger partial charge in [-0.1, -0.05) is 45.4 Å². The van der Waals surface area contributed by atoms with Crippen molar-refractivity contribution < 1.29 is 28.9 Å². The van der Waals surface area contributed by atoms with Crippen LogP contribution in [0.5, 0.6) is 0 Å². The average molecular weight is 485 g/mol. The van der Waals surface area contributed by atoms with E-state index in [9.17, 15) is 14.7 Å². The van der Waals surface area contributed by atoms with E-state index < -0.39 is 28.5 Å². The summed E-state index contributed by atoms with van der Waals surface area (Å²) in [6.07, 6.45) is 6.92. The molecule has 2 aliphatic heterocycles. The molecule has 4 bridgehead atoms. The van der Waals surface area contributed by atoms with Crippen molar-refractivity contribution in [3.63, 3.8) is 0 Å². The highest BCUT2D eigenvalue weighted by Gasteiger charge is 2.84. The van der Waals surface area contributed by atoms with Crippen molar-refractivity contribution in [2.24, 2.45) is 51.8 Å². The Hall–Kier alpha value is -1.50. The molecule has 6 aliphatic rings. The monoisotopic (exact) mass is 484 g/mol. The Balaban J connectivity index is 1.39. The van der Waals surface area contributed by atoms with E-state index in [1.54, 1.807) is 0 Å². The van der Waals surface area contributed by atoms with Crippen LogP contribution in [0.2, 0.25) is 0 Å². The number of carbonyl (C=O) groups is 2. The van der Waals surface area contributed by atoms with Gasteiger partial charge in [0.2, 0.25) is 0 Å². The van der Waals surface area contributed by atoms with Gasteiger partial charge in [0, 0.05) is 17.8 Å². The van der Waals surface area contributed by atoms with E-state index in [1.807, 2.05) is 6.92 Å². The Morgan fingerprint density at radius 3 is 2.77 bits per heavy atom. The smallest absolute Gasteiger partial charge is 0.315 e. The summed E-state index contributed by atoms with van der Waals surface area (Å²) in [5.41, 5.74) is -0.635. The van der Waals surface area contributed by atoms with E-state index in [-0.39, 0.29) is 35.9 Å². The van der Waals surface area contributed by atoms with Gasteiger partial charge in [0.25, 0.3) is 0 Å². The molecule has 6 rings (SSSR count). The minimum absolute atomic E-state index is 0.0141. The summed E-state index contributed by atoms with van der Waals surface area (Å²) in [5.74, 6) is 0.474. The molecule has 0 aromatic rings. The predicted molar refractivity (Wildman–Crippen MR) is 129 cm³/mol. The van der Waals surface area contributed by atoms with Crippen LogP contribution in [0.4, 0.5) is 0 Å². The molecule has 6 heteroatoms. The second kappa shape index (κ2) is 7.75. The van der Waals surface area contributed by atoms with Crippen molar-refractivity contribution in [2.45, 2.75) is 78.3 Å². The van der Waals surface area contributed by atoms with Crippen molar-refractivity contribution in [3.8, 4) is 0 Å². The maximum Gasteiger partial charge on any atom is 0.315 e. The standard InChI is InChI=1S/C29H40O6/c1-15(2)23-8-19-10-27(13-30)22-7-6-16(3)21(22)11-28(19,29(23,27)26(31)32)14-34-24-9-20-17(4)12-33-25(20)18(5)35-24/h8,13,15-16,18-22,24-25H,4,6-7,9-12,14H2,1-3,5H3,(H,31,32)/t16-,18-,19+,20-,21-,22-,24?,25-,27+,28+,29+/m1/s1. The van der Waals surface area contributed by atoms with Crippen LogP contribution in [0, 0.1) is 51.8 Å². The van der Waals surface area contributed by atoms with E-state index in [0.717, 1.165) is 36.7 Å². The first kappa shape index (κ1) is 23.9. The molecule has 5 fully saturated rings. The first-order valence-electron chi connectivity index (χ1n) is 13.6. The largest absolute Gasteiger partial charge is 0.481 e. The Bertz CT molecular complexity index is 986. The van der Waals surface area contributed by atoms with Crippen LogP contribution in [0.1, 0.15) is 59.8 Å². The summed E-state index contributed by atoms with van der Waals surface area (Å²) in [7, 11) is 0. The maximum atomic E-state index is 13.5. The minimum atomic E-state index is -1.20. The van der Waals surface area contributed by atoms with Gasteiger partial charge < -0.3 is 24.1 Å². The molecular weight excluding hydrogens is 444 g/mol. The summed E-state index contributed by atoms with van der Waals surface area (Å²) in [5, 5.41) is 11.1. The molecular formula is C29H40O6. The number of allylic oxidation sites excluding steroid dienone is 1. The highest BCUT2D eigenvalue weighted by Crippen LogP contribution is 2.82. The van der Waals surface area contributed by atoms with Crippen molar-refractivity contribution in [1.29, 1.82) is 0 Å². The summed E-state index contributed by atoms with van der Waals surface area (Å²) >= 11 is 0. The molecule has 0 amide bonds. The van der Waals surface area contributed by atoms with Gasteiger partial charge in [-0.15, -0.1) is 0 Å². The highest BCUT2D eigenvalue weighted by atomic mass is 16.7. The van der Waals surface area contributed by atoms with E-state index in [4.69, 9.17) is 14.2 Å². The van der Waals surface area contributed by atoms with E-state index in [1.165, 1.54) is 0 Å². The molecule has 1 unspecified atom stereocenters. The van der Waals surface area contributed by atoms with Crippen molar-refractivity contribution in [1.82, 2.24) is 0 Å². The Kier molecular flexibility index (Phi) is 5.29. The number of hydrogen-bond acceptors (Lipinski definition) is 5. The van der Waals surface area contributed by atoms with E-state index in [0.29, 0.717) is 37.9 Å². The topological polar surface area (TPSA) is 82.1 Å². The molecule has 35 heavy (non-hydrogen) atoms. The van der Waals surface area contributed by atoms with Crippen LogP contribution >= 0.6 is 0 Å². The molecule has 2 heterocycles.